The molecule has 0 aliphatic heterocycles. The molecule has 0 radical (unpaired) electrons. The van der Waals surface area contributed by atoms with Gasteiger partial charge in [0.2, 0.25) is 0 Å². The molecule has 1 N–H and O–H groups in total. The molecule has 3 rings (SSSR count). The molecule has 4 heteroatoms. The van der Waals surface area contributed by atoms with E-state index in [1.807, 2.05) is 53.9 Å². The molecule has 0 unspecified atom stereocenters. The zero-order chi connectivity index (χ0) is 15.4. The number of nitrogens with one attached hydrogen (secondary N) is 1. The SMILES string of the molecule is N#Cc1c(F)cccc1N[C@@H](c1ccccc1)c1cccs1. The van der Waals surface area contributed by atoms with Gasteiger partial charge in [0.15, 0.2) is 0 Å². The fraction of sp³-hybridized carbons (Fsp3) is 0.0556. The highest BCUT2D eigenvalue weighted by molar-refractivity contribution is 7.10. The maximum absolute atomic E-state index is 13.8. The molecule has 22 heavy (non-hydrogen) atoms. The minimum absolute atomic E-state index is 0.0417. The highest BCUT2D eigenvalue weighted by Gasteiger charge is 2.17. The van der Waals surface area contributed by atoms with Crippen molar-refractivity contribution in [2.45, 2.75) is 6.04 Å². The van der Waals surface area contributed by atoms with Crippen LogP contribution in [0.5, 0.6) is 0 Å². The molecule has 1 aromatic heterocycles. The summed E-state index contributed by atoms with van der Waals surface area (Å²) in [4.78, 5) is 1.11. The van der Waals surface area contributed by atoms with Crippen LogP contribution in [-0.4, -0.2) is 0 Å². The number of anilines is 1. The van der Waals surface area contributed by atoms with E-state index in [1.54, 1.807) is 23.5 Å². The molecule has 0 fully saturated rings. The van der Waals surface area contributed by atoms with E-state index >= 15 is 0 Å². The number of halogens is 1. The zero-order valence-corrected chi connectivity index (χ0v) is 12.5. The van der Waals surface area contributed by atoms with Gasteiger partial charge in [-0.05, 0) is 29.1 Å². The van der Waals surface area contributed by atoms with Crippen molar-refractivity contribution < 1.29 is 4.39 Å². The standard InChI is InChI=1S/C18H13FN2S/c19-15-8-4-9-16(14(15)12-20)21-18(17-10-5-11-22-17)13-6-2-1-3-7-13/h1-11,18,21H/t18-/m0/s1. The summed E-state index contributed by atoms with van der Waals surface area (Å²) in [6.45, 7) is 0. The second-order valence-corrected chi connectivity index (χ2v) is 5.76. The van der Waals surface area contributed by atoms with Crippen molar-refractivity contribution in [2.24, 2.45) is 0 Å². The molecule has 2 nitrogen and oxygen atoms in total. The molecular weight excluding hydrogens is 295 g/mol. The zero-order valence-electron chi connectivity index (χ0n) is 11.7. The molecule has 2 aromatic carbocycles. The van der Waals surface area contributed by atoms with Crippen LogP contribution in [-0.2, 0) is 0 Å². The Morgan fingerprint density at radius 1 is 1.00 bits per heavy atom. The van der Waals surface area contributed by atoms with Gasteiger partial charge in [0.05, 0.1) is 11.7 Å². The third-order valence-corrected chi connectivity index (χ3v) is 4.32. The van der Waals surface area contributed by atoms with Gasteiger partial charge in [-0.1, -0.05) is 42.5 Å². The number of rotatable bonds is 4. The average Bonchev–Trinajstić information content (AvgIpc) is 3.07. The number of hydrogen-bond donors (Lipinski definition) is 1. The van der Waals surface area contributed by atoms with E-state index in [0.29, 0.717) is 5.69 Å². The van der Waals surface area contributed by atoms with Crippen molar-refractivity contribution in [3.8, 4) is 6.07 Å². The van der Waals surface area contributed by atoms with E-state index in [2.05, 4.69) is 5.32 Å². The quantitative estimate of drug-likeness (QED) is 0.739. The number of nitrogens with zero attached hydrogens (tertiary/aromatic N) is 1. The first-order valence-corrected chi connectivity index (χ1v) is 7.71. The smallest absolute Gasteiger partial charge is 0.143 e. The predicted molar refractivity (Wildman–Crippen MR) is 87.3 cm³/mol. The minimum atomic E-state index is -0.509. The highest BCUT2D eigenvalue weighted by Crippen LogP contribution is 2.31. The molecule has 108 valence electrons. The van der Waals surface area contributed by atoms with Gasteiger partial charge in [0.25, 0.3) is 0 Å². The first-order chi connectivity index (χ1) is 10.8. The summed E-state index contributed by atoms with van der Waals surface area (Å²) in [7, 11) is 0. The van der Waals surface area contributed by atoms with Gasteiger partial charge in [-0.15, -0.1) is 11.3 Å². The Balaban J connectivity index is 2.02. The Hall–Kier alpha value is -2.64. The topological polar surface area (TPSA) is 35.8 Å². The average molecular weight is 308 g/mol. The first kappa shape index (κ1) is 14.3. The van der Waals surface area contributed by atoms with Crippen LogP contribution in [0.3, 0.4) is 0 Å². The minimum Gasteiger partial charge on any atom is -0.372 e. The lowest BCUT2D eigenvalue weighted by Crippen LogP contribution is -2.12. The van der Waals surface area contributed by atoms with E-state index in [0.717, 1.165) is 10.4 Å². The summed E-state index contributed by atoms with van der Waals surface area (Å²) in [5, 5.41) is 14.5. The third-order valence-electron chi connectivity index (χ3n) is 3.39. The van der Waals surface area contributed by atoms with Crippen LogP contribution in [0.4, 0.5) is 10.1 Å². The Morgan fingerprint density at radius 2 is 1.82 bits per heavy atom. The molecule has 0 amide bonds. The Labute approximate surface area is 132 Å². The van der Waals surface area contributed by atoms with Crippen molar-refractivity contribution in [1.29, 1.82) is 5.26 Å². The van der Waals surface area contributed by atoms with Gasteiger partial charge in [0.1, 0.15) is 17.4 Å². The third kappa shape index (κ3) is 2.85. The van der Waals surface area contributed by atoms with Crippen molar-refractivity contribution in [3.05, 3.63) is 87.9 Å². The summed E-state index contributed by atoms with van der Waals surface area (Å²) in [6.07, 6.45) is 0. The Kier molecular flexibility index (Phi) is 4.17. The molecule has 3 aromatic rings. The molecule has 0 bridgehead atoms. The maximum Gasteiger partial charge on any atom is 0.143 e. The molecule has 0 saturated heterocycles. The van der Waals surface area contributed by atoms with Gasteiger partial charge in [-0.2, -0.15) is 5.26 Å². The lowest BCUT2D eigenvalue weighted by molar-refractivity contribution is 0.624. The molecule has 0 saturated carbocycles. The van der Waals surface area contributed by atoms with Gasteiger partial charge < -0.3 is 5.32 Å². The predicted octanol–water partition coefficient (Wildman–Crippen LogP) is 4.96. The second-order valence-electron chi connectivity index (χ2n) is 4.78. The fourth-order valence-corrected chi connectivity index (χ4v) is 3.14. The Morgan fingerprint density at radius 3 is 2.50 bits per heavy atom. The van der Waals surface area contributed by atoms with E-state index < -0.39 is 5.82 Å². The Bertz CT molecular complexity index is 792. The summed E-state index contributed by atoms with van der Waals surface area (Å²) in [6, 6.07) is 20.4. The van der Waals surface area contributed by atoms with Crippen molar-refractivity contribution in [1.82, 2.24) is 0 Å². The normalized spacial score (nSPS) is 11.6. The number of thiophene rings is 1. The van der Waals surface area contributed by atoms with Gasteiger partial charge in [-0.25, -0.2) is 4.39 Å². The van der Waals surface area contributed by atoms with E-state index in [-0.39, 0.29) is 11.6 Å². The van der Waals surface area contributed by atoms with E-state index in [9.17, 15) is 9.65 Å². The van der Waals surface area contributed by atoms with Gasteiger partial charge in [-0.3, -0.25) is 0 Å². The fourth-order valence-electron chi connectivity index (χ4n) is 2.33. The van der Waals surface area contributed by atoms with E-state index in [1.165, 1.54) is 6.07 Å². The molecule has 0 aliphatic carbocycles. The van der Waals surface area contributed by atoms with Crippen LogP contribution in [0.2, 0.25) is 0 Å². The van der Waals surface area contributed by atoms with Gasteiger partial charge >= 0.3 is 0 Å². The highest BCUT2D eigenvalue weighted by atomic mass is 32.1. The van der Waals surface area contributed by atoms with Crippen LogP contribution < -0.4 is 5.32 Å². The van der Waals surface area contributed by atoms with Crippen LogP contribution >= 0.6 is 11.3 Å². The summed E-state index contributed by atoms with van der Waals surface area (Å²) < 4.78 is 13.8. The van der Waals surface area contributed by atoms with Crippen LogP contribution in [0.25, 0.3) is 0 Å². The van der Waals surface area contributed by atoms with Crippen LogP contribution in [0, 0.1) is 17.1 Å². The molecule has 0 aliphatic rings. The van der Waals surface area contributed by atoms with E-state index in [4.69, 9.17) is 0 Å². The number of hydrogen-bond acceptors (Lipinski definition) is 3. The summed E-state index contributed by atoms with van der Waals surface area (Å²) in [5.41, 5.74) is 1.61. The molecule has 1 atom stereocenters. The van der Waals surface area contributed by atoms with Gasteiger partial charge in [0, 0.05) is 4.88 Å². The second kappa shape index (κ2) is 6.42. The van der Waals surface area contributed by atoms with Crippen LogP contribution in [0.15, 0.2) is 66.0 Å². The van der Waals surface area contributed by atoms with Crippen molar-refractivity contribution in [2.75, 3.05) is 5.32 Å². The number of benzene rings is 2. The molecular formula is C18H13FN2S. The molecule has 0 spiro atoms. The largest absolute Gasteiger partial charge is 0.372 e. The first-order valence-electron chi connectivity index (χ1n) is 6.83. The van der Waals surface area contributed by atoms with Crippen molar-refractivity contribution in [3.63, 3.8) is 0 Å². The monoisotopic (exact) mass is 308 g/mol. The maximum atomic E-state index is 13.8. The summed E-state index contributed by atoms with van der Waals surface area (Å²) >= 11 is 1.62. The number of nitriles is 1. The lowest BCUT2D eigenvalue weighted by atomic mass is 10.0. The van der Waals surface area contributed by atoms with Crippen LogP contribution in [0.1, 0.15) is 22.0 Å². The summed E-state index contributed by atoms with van der Waals surface area (Å²) in [5.74, 6) is -0.509. The van der Waals surface area contributed by atoms with Crippen molar-refractivity contribution >= 4 is 17.0 Å². The molecule has 1 heterocycles. The lowest BCUT2D eigenvalue weighted by Gasteiger charge is -2.20.